The van der Waals surface area contributed by atoms with Gasteiger partial charge in [0.1, 0.15) is 5.02 Å². The molecule has 0 aromatic heterocycles. The van der Waals surface area contributed by atoms with Gasteiger partial charge in [-0.1, -0.05) is 11.6 Å². The number of thioether (sulfide) groups is 2. The number of carbonyl (C=O) groups is 1. The zero-order valence-electron chi connectivity index (χ0n) is 10.5. The predicted molar refractivity (Wildman–Crippen MR) is 84.0 cm³/mol. The second-order valence-electron chi connectivity index (χ2n) is 4.20. The van der Waals surface area contributed by atoms with Gasteiger partial charge >= 0.3 is 0 Å². The number of hydrogen-bond donors (Lipinski definition) is 1. The monoisotopic (exact) mass is 332 g/mol. The molecule has 5 nitrogen and oxygen atoms in total. The van der Waals surface area contributed by atoms with Crippen molar-refractivity contribution in [1.29, 1.82) is 0 Å². The SMILES string of the molecule is O=C(NCC1CSCCS1)c1ccc([N+](=O)[O-])c(Cl)c1. The van der Waals surface area contributed by atoms with Crippen LogP contribution >= 0.6 is 35.1 Å². The Balaban J connectivity index is 1.95. The van der Waals surface area contributed by atoms with Gasteiger partial charge in [0.25, 0.3) is 11.6 Å². The second-order valence-corrected chi connectivity index (χ2v) is 7.17. The standard InChI is InChI=1S/C12H13ClN2O3S2/c13-10-5-8(1-2-11(10)15(17)18)12(16)14-6-9-7-19-3-4-20-9/h1-2,5,9H,3-4,6-7H2,(H,14,16). The lowest BCUT2D eigenvalue weighted by atomic mass is 10.2. The number of hydrogen-bond acceptors (Lipinski definition) is 5. The fourth-order valence-electron chi connectivity index (χ4n) is 1.76. The summed E-state index contributed by atoms with van der Waals surface area (Å²) in [5.41, 5.74) is 0.150. The van der Waals surface area contributed by atoms with Crippen LogP contribution in [-0.2, 0) is 0 Å². The Kier molecular flexibility index (Phi) is 5.56. The van der Waals surface area contributed by atoms with Crippen LogP contribution in [0.15, 0.2) is 18.2 Å². The molecule has 108 valence electrons. The van der Waals surface area contributed by atoms with E-state index in [1.165, 1.54) is 18.2 Å². The van der Waals surface area contributed by atoms with E-state index in [-0.39, 0.29) is 16.6 Å². The molecule has 1 unspecified atom stereocenters. The molecule has 8 heteroatoms. The van der Waals surface area contributed by atoms with E-state index in [9.17, 15) is 14.9 Å². The molecule has 0 bridgehead atoms. The van der Waals surface area contributed by atoms with Crippen molar-refractivity contribution in [2.24, 2.45) is 0 Å². The Morgan fingerprint density at radius 2 is 2.30 bits per heavy atom. The van der Waals surface area contributed by atoms with Crippen LogP contribution in [0.3, 0.4) is 0 Å². The Labute approximate surface area is 130 Å². The van der Waals surface area contributed by atoms with Crippen LogP contribution in [0.25, 0.3) is 0 Å². The first kappa shape index (κ1) is 15.5. The van der Waals surface area contributed by atoms with Gasteiger partial charge in [-0.3, -0.25) is 14.9 Å². The Bertz CT molecular complexity index is 521. The van der Waals surface area contributed by atoms with E-state index in [1.54, 1.807) is 0 Å². The predicted octanol–water partition coefficient (Wildman–Crippen LogP) is 2.83. The van der Waals surface area contributed by atoms with E-state index in [0.717, 1.165) is 17.3 Å². The van der Waals surface area contributed by atoms with Gasteiger partial charge in [0.05, 0.1) is 4.92 Å². The second kappa shape index (κ2) is 7.19. The van der Waals surface area contributed by atoms with E-state index in [2.05, 4.69) is 5.32 Å². The first-order valence-corrected chi connectivity index (χ1v) is 8.57. The normalized spacial score (nSPS) is 18.6. The van der Waals surface area contributed by atoms with Crippen molar-refractivity contribution < 1.29 is 9.72 Å². The van der Waals surface area contributed by atoms with Gasteiger partial charge in [-0.2, -0.15) is 23.5 Å². The molecule has 1 fully saturated rings. The Hall–Kier alpha value is -0.920. The highest BCUT2D eigenvalue weighted by Crippen LogP contribution is 2.25. The highest BCUT2D eigenvalue weighted by molar-refractivity contribution is 8.06. The Morgan fingerprint density at radius 3 is 2.90 bits per heavy atom. The molecule has 20 heavy (non-hydrogen) atoms. The summed E-state index contributed by atoms with van der Waals surface area (Å²) in [6, 6.07) is 4.00. The zero-order chi connectivity index (χ0) is 14.5. The maximum Gasteiger partial charge on any atom is 0.287 e. The molecule has 1 N–H and O–H groups in total. The molecule has 0 spiro atoms. The summed E-state index contributed by atoms with van der Waals surface area (Å²) in [5.74, 6) is 3.05. The minimum absolute atomic E-state index is 0.0229. The zero-order valence-corrected chi connectivity index (χ0v) is 12.9. The molecule has 0 saturated carbocycles. The van der Waals surface area contributed by atoms with Gasteiger partial charge in [0.2, 0.25) is 0 Å². The highest BCUT2D eigenvalue weighted by Gasteiger charge is 2.18. The molecule has 1 aliphatic heterocycles. The molecule has 1 heterocycles. The number of nitro benzene ring substituents is 1. The largest absolute Gasteiger partial charge is 0.351 e. The molecule has 1 aliphatic rings. The van der Waals surface area contributed by atoms with E-state index in [0.29, 0.717) is 17.4 Å². The molecule has 1 aromatic carbocycles. The van der Waals surface area contributed by atoms with Gasteiger partial charge in [0, 0.05) is 40.7 Å². The number of nitro groups is 1. The molecule has 1 saturated heterocycles. The van der Waals surface area contributed by atoms with E-state index in [1.807, 2.05) is 23.5 Å². The average molecular weight is 333 g/mol. The van der Waals surface area contributed by atoms with Crippen molar-refractivity contribution >= 4 is 46.7 Å². The molecule has 0 radical (unpaired) electrons. The molecule has 0 aliphatic carbocycles. The lowest BCUT2D eigenvalue weighted by Crippen LogP contribution is -2.33. The molecule has 1 atom stereocenters. The third-order valence-corrected chi connectivity index (χ3v) is 5.93. The van der Waals surface area contributed by atoms with Gasteiger partial charge in [0.15, 0.2) is 0 Å². The molecular weight excluding hydrogens is 320 g/mol. The summed E-state index contributed by atoms with van der Waals surface area (Å²) < 4.78 is 0. The highest BCUT2D eigenvalue weighted by atomic mass is 35.5. The number of benzene rings is 1. The summed E-state index contributed by atoms with van der Waals surface area (Å²) >= 11 is 9.54. The fraction of sp³-hybridized carbons (Fsp3) is 0.417. The number of halogens is 1. The Morgan fingerprint density at radius 1 is 1.50 bits per heavy atom. The topological polar surface area (TPSA) is 72.2 Å². The van der Waals surface area contributed by atoms with Crippen LogP contribution in [0.4, 0.5) is 5.69 Å². The quantitative estimate of drug-likeness (QED) is 0.678. The van der Waals surface area contributed by atoms with Gasteiger partial charge < -0.3 is 5.32 Å². The van der Waals surface area contributed by atoms with Gasteiger partial charge in [-0.05, 0) is 12.1 Å². The van der Waals surface area contributed by atoms with Crippen molar-refractivity contribution in [3.63, 3.8) is 0 Å². The van der Waals surface area contributed by atoms with Crippen molar-refractivity contribution in [2.75, 3.05) is 23.8 Å². The van der Waals surface area contributed by atoms with Crippen LogP contribution in [0.1, 0.15) is 10.4 Å². The van der Waals surface area contributed by atoms with E-state index >= 15 is 0 Å². The van der Waals surface area contributed by atoms with E-state index < -0.39 is 4.92 Å². The maximum absolute atomic E-state index is 12.0. The van der Waals surface area contributed by atoms with Crippen LogP contribution in [0.2, 0.25) is 5.02 Å². The molecule has 1 aromatic rings. The summed E-state index contributed by atoms with van der Waals surface area (Å²) in [7, 11) is 0. The maximum atomic E-state index is 12.0. The third-order valence-electron chi connectivity index (χ3n) is 2.78. The summed E-state index contributed by atoms with van der Waals surface area (Å²) in [6.07, 6.45) is 0. The van der Waals surface area contributed by atoms with Crippen LogP contribution in [-0.4, -0.2) is 39.9 Å². The minimum Gasteiger partial charge on any atom is -0.351 e. The summed E-state index contributed by atoms with van der Waals surface area (Å²) in [5, 5.41) is 13.9. The lowest BCUT2D eigenvalue weighted by Gasteiger charge is -2.21. The summed E-state index contributed by atoms with van der Waals surface area (Å²) in [6.45, 7) is 0.602. The number of nitrogens with one attached hydrogen (secondary N) is 1. The lowest BCUT2D eigenvalue weighted by molar-refractivity contribution is -0.384. The number of amides is 1. The molecule has 2 rings (SSSR count). The number of carbonyl (C=O) groups excluding carboxylic acids is 1. The van der Waals surface area contributed by atoms with E-state index in [4.69, 9.17) is 11.6 Å². The van der Waals surface area contributed by atoms with Crippen molar-refractivity contribution in [2.45, 2.75) is 5.25 Å². The van der Waals surface area contributed by atoms with Crippen molar-refractivity contribution in [3.8, 4) is 0 Å². The molecule has 1 amide bonds. The number of nitrogens with zero attached hydrogens (tertiary/aromatic N) is 1. The smallest absolute Gasteiger partial charge is 0.287 e. The van der Waals surface area contributed by atoms with Crippen LogP contribution in [0.5, 0.6) is 0 Å². The van der Waals surface area contributed by atoms with Crippen molar-refractivity contribution in [3.05, 3.63) is 38.9 Å². The summed E-state index contributed by atoms with van der Waals surface area (Å²) in [4.78, 5) is 22.0. The average Bonchev–Trinajstić information content (AvgIpc) is 2.45. The first-order valence-electron chi connectivity index (χ1n) is 5.99. The van der Waals surface area contributed by atoms with Gasteiger partial charge in [-0.25, -0.2) is 0 Å². The number of rotatable bonds is 4. The fourth-order valence-corrected chi connectivity index (χ4v) is 4.62. The first-order chi connectivity index (χ1) is 9.58. The molecular formula is C12H13ClN2O3S2. The minimum atomic E-state index is -0.570. The van der Waals surface area contributed by atoms with Crippen LogP contribution < -0.4 is 5.32 Å². The van der Waals surface area contributed by atoms with Gasteiger partial charge in [-0.15, -0.1) is 0 Å². The third kappa shape index (κ3) is 4.04. The van der Waals surface area contributed by atoms with Crippen LogP contribution in [0, 0.1) is 10.1 Å². The van der Waals surface area contributed by atoms with Crippen molar-refractivity contribution in [1.82, 2.24) is 5.32 Å².